The van der Waals surface area contributed by atoms with Crippen molar-refractivity contribution in [1.29, 1.82) is 5.41 Å². The fourth-order valence-electron chi connectivity index (χ4n) is 3.38. The van der Waals surface area contributed by atoms with Gasteiger partial charge in [0, 0.05) is 18.2 Å². The molecule has 0 spiro atoms. The van der Waals surface area contributed by atoms with E-state index in [-0.39, 0.29) is 24.3 Å². The van der Waals surface area contributed by atoms with Crippen molar-refractivity contribution in [2.45, 2.75) is 25.8 Å². The van der Waals surface area contributed by atoms with Crippen molar-refractivity contribution in [3.05, 3.63) is 71.3 Å². The number of likely N-dealkylation sites (tertiary alicyclic amines) is 1. The molecule has 0 unspecified atom stereocenters. The maximum atomic E-state index is 12.5. The molecule has 1 amide bonds. The molecule has 2 aromatic carbocycles. The zero-order valence-electron chi connectivity index (χ0n) is 17.7. The number of esters is 2. The minimum absolute atomic E-state index is 0.0638. The summed E-state index contributed by atoms with van der Waals surface area (Å²) in [5, 5.41) is 7.38. The molecule has 1 aliphatic rings. The van der Waals surface area contributed by atoms with Crippen molar-refractivity contribution in [2.24, 2.45) is 5.73 Å². The number of benzene rings is 2. The van der Waals surface area contributed by atoms with E-state index in [2.05, 4.69) is 0 Å². The maximum Gasteiger partial charge on any atom is 0.343 e. The predicted molar refractivity (Wildman–Crippen MR) is 119 cm³/mol. The molecule has 0 aromatic heterocycles. The zero-order chi connectivity index (χ0) is 23.1. The summed E-state index contributed by atoms with van der Waals surface area (Å²) in [5.41, 5.74) is 7.03. The number of nitrogens with zero attached hydrogens (tertiary/aromatic N) is 1. The Bertz CT molecular complexity index is 1030. The monoisotopic (exact) mass is 435 g/mol. The van der Waals surface area contributed by atoms with Crippen LogP contribution in [-0.2, 0) is 14.3 Å². The van der Waals surface area contributed by atoms with Gasteiger partial charge in [-0.2, -0.15) is 0 Å². The molecule has 3 N–H and O–H groups in total. The third-order valence-electron chi connectivity index (χ3n) is 5.04. The van der Waals surface area contributed by atoms with Gasteiger partial charge in [-0.1, -0.05) is 12.1 Å². The Morgan fingerprint density at radius 3 is 2.38 bits per heavy atom. The number of ether oxygens (including phenoxy) is 2. The summed E-state index contributed by atoms with van der Waals surface area (Å²) < 4.78 is 10.4. The van der Waals surface area contributed by atoms with Gasteiger partial charge < -0.3 is 20.1 Å². The van der Waals surface area contributed by atoms with E-state index in [0.717, 1.165) is 12.0 Å². The Balaban J connectivity index is 1.59. The molecule has 1 fully saturated rings. The average molecular weight is 435 g/mol. The summed E-state index contributed by atoms with van der Waals surface area (Å²) >= 11 is 0. The summed E-state index contributed by atoms with van der Waals surface area (Å²) in [7, 11) is 0. The number of nitrogens with one attached hydrogen (secondary N) is 1. The lowest BCUT2D eigenvalue weighted by Crippen LogP contribution is -2.40. The second-order valence-corrected chi connectivity index (χ2v) is 7.22. The topological polar surface area (TPSA) is 123 Å². The van der Waals surface area contributed by atoms with Crippen LogP contribution in [0.2, 0.25) is 0 Å². The van der Waals surface area contributed by atoms with Gasteiger partial charge in [0.25, 0.3) is 0 Å². The number of hydrogen-bond donors (Lipinski definition) is 2. The molecule has 0 radical (unpaired) electrons. The van der Waals surface area contributed by atoms with Gasteiger partial charge in [-0.05, 0) is 67.8 Å². The molecule has 8 heteroatoms. The molecule has 32 heavy (non-hydrogen) atoms. The highest BCUT2D eigenvalue weighted by Crippen LogP contribution is 2.20. The molecule has 166 valence electrons. The van der Waals surface area contributed by atoms with E-state index in [9.17, 15) is 14.4 Å². The molecule has 1 aliphatic heterocycles. The quantitative estimate of drug-likeness (QED) is 0.227. The Kier molecular flexibility index (Phi) is 7.38. The molecule has 1 heterocycles. The molecule has 0 bridgehead atoms. The summed E-state index contributed by atoms with van der Waals surface area (Å²) in [4.78, 5) is 38.4. The molecule has 1 saturated heterocycles. The Morgan fingerprint density at radius 1 is 1.09 bits per heavy atom. The minimum Gasteiger partial charge on any atom is -0.464 e. The van der Waals surface area contributed by atoms with Crippen molar-refractivity contribution >= 4 is 29.8 Å². The number of nitrogens with two attached hydrogens (primary N) is 1. The number of amides is 1. The van der Waals surface area contributed by atoms with Gasteiger partial charge in [0.1, 0.15) is 17.6 Å². The molecule has 8 nitrogen and oxygen atoms in total. The van der Waals surface area contributed by atoms with E-state index in [0.29, 0.717) is 29.8 Å². The highest BCUT2D eigenvalue weighted by molar-refractivity contribution is 5.96. The lowest BCUT2D eigenvalue weighted by Gasteiger charge is -2.21. The van der Waals surface area contributed by atoms with Gasteiger partial charge in [-0.3, -0.25) is 10.2 Å². The lowest BCUT2D eigenvalue weighted by molar-refractivity contribution is -0.151. The van der Waals surface area contributed by atoms with Crippen LogP contribution in [0.4, 0.5) is 0 Å². The normalized spacial score (nSPS) is 15.5. The maximum absolute atomic E-state index is 12.5. The summed E-state index contributed by atoms with van der Waals surface area (Å²) in [6.07, 6.45) is 4.42. The van der Waals surface area contributed by atoms with Crippen molar-refractivity contribution in [3.8, 4) is 5.75 Å². The van der Waals surface area contributed by atoms with E-state index in [4.69, 9.17) is 20.6 Å². The first-order valence-electron chi connectivity index (χ1n) is 10.3. The third kappa shape index (κ3) is 5.60. The minimum atomic E-state index is -0.534. The fourth-order valence-corrected chi connectivity index (χ4v) is 3.38. The summed E-state index contributed by atoms with van der Waals surface area (Å²) in [6, 6.07) is 12.4. The van der Waals surface area contributed by atoms with Crippen molar-refractivity contribution in [2.75, 3.05) is 13.2 Å². The average Bonchev–Trinajstić information content (AvgIpc) is 3.28. The number of rotatable bonds is 7. The van der Waals surface area contributed by atoms with Gasteiger partial charge in [0.05, 0.1) is 12.2 Å². The largest absolute Gasteiger partial charge is 0.464 e. The van der Waals surface area contributed by atoms with Crippen LogP contribution in [0.15, 0.2) is 54.6 Å². The Hall–Kier alpha value is -3.94. The van der Waals surface area contributed by atoms with Gasteiger partial charge in [-0.15, -0.1) is 0 Å². The van der Waals surface area contributed by atoms with Crippen LogP contribution in [0.25, 0.3) is 6.08 Å². The first kappa shape index (κ1) is 22.7. The van der Waals surface area contributed by atoms with E-state index >= 15 is 0 Å². The molecule has 0 aliphatic carbocycles. The number of carbonyl (C=O) groups excluding carboxylic acids is 3. The van der Waals surface area contributed by atoms with Crippen molar-refractivity contribution in [1.82, 2.24) is 4.90 Å². The molecule has 3 rings (SSSR count). The third-order valence-corrected chi connectivity index (χ3v) is 5.04. The van der Waals surface area contributed by atoms with Crippen molar-refractivity contribution < 1.29 is 23.9 Å². The van der Waals surface area contributed by atoms with E-state index in [1.54, 1.807) is 61.5 Å². The predicted octanol–water partition coefficient (Wildman–Crippen LogP) is 2.76. The molecular weight excluding hydrogens is 410 g/mol. The standard InChI is InChI=1S/C24H25N3O5/c1-2-31-24(30)20-4-3-15-27(20)21(28)14-7-16-5-8-18(9-6-16)23(29)32-19-12-10-17(11-13-19)22(25)26/h5-14,20H,2-4,15H2,1H3,(H3,25,26)/t20-/m1/s1. The van der Waals surface area contributed by atoms with E-state index < -0.39 is 12.0 Å². The van der Waals surface area contributed by atoms with E-state index in [1.807, 2.05) is 0 Å². The number of nitrogen functional groups attached to an aromatic ring is 1. The van der Waals surface area contributed by atoms with Crippen LogP contribution in [0, 0.1) is 5.41 Å². The fraction of sp³-hybridized carbons (Fsp3) is 0.250. The molecule has 1 atom stereocenters. The lowest BCUT2D eigenvalue weighted by atomic mass is 10.1. The van der Waals surface area contributed by atoms with Crippen LogP contribution in [0.3, 0.4) is 0 Å². The number of hydrogen-bond acceptors (Lipinski definition) is 6. The summed E-state index contributed by atoms with van der Waals surface area (Å²) in [5.74, 6) is -0.868. The van der Waals surface area contributed by atoms with Gasteiger partial charge >= 0.3 is 11.9 Å². The Labute approximate surface area is 186 Å². The van der Waals surface area contributed by atoms with Gasteiger partial charge in [0.2, 0.25) is 5.91 Å². The highest BCUT2D eigenvalue weighted by atomic mass is 16.5. The second kappa shape index (κ2) is 10.4. The molecular formula is C24H25N3O5. The van der Waals surface area contributed by atoms with Crippen LogP contribution >= 0.6 is 0 Å². The molecule has 0 saturated carbocycles. The van der Waals surface area contributed by atoms with Gasteiger partial charge in [-0.25, -0.2) is 9.59 Å². The smallest absolute Gasteiger partial charge is 0.343 e. The summed E-state index contributed by atoms with van der Waals surface area (Å²) in [6.45, 7) is 2.54. The van der Waals surface area contributed by atoms with Crippen LogP contribution in [0.1, 0.15) is 41.3 Å². The number of amidine groups is 1. The number of carbonyl (C=O) groups is 3. The zero-order valence-corrected chi connectivity index (χ0v) is 17.7. The van der Waals surface area contributed by atoms with Gasteiger partial charge in [0.15, 0.2) is 0 Å². The van der Waals surface area contributed by atoms with E-state index in [1.165, 1.54) is 11.0 Å². The molecule has 2 aromatic rings. The first-order valence-corrected chi connectivity index (χ1v) is 10.3. The SMILES string of the molecule is CCOC(=O)[C@H]1CCCN1C(=O)C=Cc1ccc(C(=O)Oc2ccc(C(=N)N)cc2)cc1. The highest BCUT2D eigenvalue weighted by Gasteiger charge is 2.34. The van der Waals surface area contributed by atoms with Crippen LogP contribution < -0.4 is 10.5 Å². The Morgan fingerprint density at radius 2 is 1.75 bits per heavy atom. The second-order valence-electron chi connectivity index (χ2n) is 7.22. The first-order chi connectivity index (χ1) is 15.4. The van der Waals surface area contributed by atoms with Crippen LogP contribution in [-0.4, -0.2) is 47.8 Å². The van der Waals surface area contributed by atoms with Crippen molar-refractivity contribution in [3.63, 3.8) is 0 Å². The van der Waals surface area contributed by atoms with Crippen LogP contribution in [0.5, 0.6) is 5.75 Å².